The predicted molar refractivity (Wildman–Crippen MR) is 72.0 cm³/mol. The standard InChI is InChI=1S/C7H14N5O2PS2/c1-3-13-15(16,14-4-2)17-7-11-5(8)10-6(9)12-7/h3-4H2,1-2H3,(H4,8,9,10,11,12). The molecule has 0 spiro atoms. The molecule has 0 aliphatic heterocycles. The van der Waals surface area contributed by atoms with Crippen molar-refractivity contribution in [2.75, 3.05) is 24.7 Å². The SMILES string of the molecule is CCOP(=S)(OCC)Sc1nc(N)nc(N)n1. The lowest BCUT2D eigenvalue weighted by molar-refractivity contribution is 0.280. The molecule has 7 nitrogen and oxygen atoms in total. The van der Waals surface area contributed by atoms with Crippen molar-refractivity contribution in [3.63, 3.8) is 0 Å². The van der Waals surface area contributed by atoms with Gasteiger partial charge in [-0.25, -0.2) is 0 Å². The van der Waals surface area contributed by atoms with Crippen LogP contribution in [0.5, 0.6) is 0 Å². The molecule has 0 amide bonds. The number of nitrogens with zero attached hydrogens (tertiary/aromatic N) is 3. The maximum Gasteiger partial charge on any atom is 0.255 e. The highest BCUT2D eigenvalue weighted by Gasteiger charge is 2.22. The van der Waals surface area contributed by atoms with Crippen LogP contribution in [0, 0.1) is 0 Å². The Hall–Kier alpha value is -0.470. The average molecular weight is 295 g/mol. The van der Waals surface area contributed by atoms with Crippen LogP contribution in [0.4, 0.5) is 11.9 Å². The Morgan fingerprint density at radius 1 is 1.12 bits per heavy atom. The predicted octanol–water partition coefficient (Wildman–Crippen LogP) is 1.43. The zero-order valence-electron chi connectivity index (χ0n) is 9.49. The fraction of sp³-hybridized carbons (Fsp3) is 0.571. The third-order valence-electron chi connectivity index (χ3n) is 1.42. The summed E-state index contributed by atoms with van der Waals surface area (Å²) in [5.74, 6) is 0.101. The molecule has 1 aromatic heterocycles. The molecular weight excluding hydrogens is 281 g/mol. The van der Waals surface area contributed by atoms with Gasteiger partial charge < -0.3 is 20.5 Å². The first kappa shape index (κ1) is 14.6. The van der Waals surface area contributed by atoms with Gasteiger partial charge in [-0.1, -0.05) is 0 Å². The normalized spacial score (nSPS) is 11.6. The molecule has 0 atom stereocenters. The van der Waals surface area contributed by atoms with Crippen molar-refractivity contribution in [2.45, 2.75) is 19.0 Å². The fourth-order valence-corrected chi connectivity index (χ4v) is 5.24. The van der Waals surface area contributed by atoms with E-state index in [2.05, 4.69) is 15.0 Å². The maximum atomic E-state index is 5.47. The lowest BCUT2D eigenvalue weighted by Crippen LogP contribution is -2.04. The minimum Gasteiger partial charge on any atom is -0.368 e. The first-order valence-corrected chi connectivity index (χ1v) is 8.90. The van der Waals surface area contributed by atoms with Crippen LogP contribution in [-0.2, 0) is 20.9 Å². The van der Waals surface area contributed by atoms with Gasteiger partial charge in [-0.15, -0.1) is 0 Å². The molecule has 0 bridgehead atoms. The summed E-state index contributed by atoms with van der Waals surface area (Å²) in [6, 6.07) is 0. The summed E-state index contributed by atoms with van der Waals surface area (Å²) in [5.41, 5.74) is 8.44. The van der Waals surface area contributed by atoms with Crippen LogP contribution in [-0.4, -0.2) is 28.2 Å². The number of nitrogens with two attached hydrogens (primary N) is 2. The molecule has 10 heteroatoms. The highest BCUT2D eigenvalue weighted by molar-refractivity contribution is 8.67. The molecule has 1 rings (SSSR count). The van der Waals surface area contributed by atoms with Gasteiger partial charge in [-0.3, -0.25) is 0 Å². The van der Waals surface area contributed by atoms with Crippen LogP contribution in [0.25, 0.3) is 0 Å². The molecule has 17 heavy (non-hydrogen) atoms. The van der Waals surface area contributed by atoms with Gasteiger partial charge in [0.25, 0.3) is 5.69 Å². The highest BCUT2D eigenvalue weighted by atomic mass is 32.9. The smallest absolute Gasteiger partial charge is 0.255 e. The third-order valence-corrected chi connectivity index (χ3v) is 6.23. The Balaban J connectivity index is 2.89. The van der Waals surface area contributed by atoms with Crippen LogP contribution in [0.1, 0.15) is 13.8 Å². The second-order valence-corrected chi connectivity index (χ2v) is 8.79. The van der Waals surface area contributed by atoms with Crippen molar-refractivity contribution in [3.05, 3.63) is 0 Å². The Morgan fingerprint density at radius 3 is 2.00 bits per heavy atom. The van der Waals surface area contributed by atoms with Crippen molar-refractivity contribution in [1.29, 1.82) is 0 Å². The van der Waals surface area contributed by atoms with E-state index in [1.807, 2.05) is 13.8 Å². The first-order valence-electron chi connectivity index (χ1n) is 4.84. The number of rotatable bonds is 6. The fourth-order valence-electron chi connectivity index (χ4n) is 0.935. The Morgan fingerprint density at radius 2 is 1.59 bits per heavy atom. The first-order chi connectivity index (χ1) is 7.99. The molecule has 1 aromatic rings. The van der Waals surface area contributed by atoms with Gasteiger partial charge in [-0.2, -0.15) is 15.0 Å². The monoisotopic (exact) mass is 295 g/mol. The molecule has 96 valence electrons. The van der Waals surface area contributed by atoms with Gasteiger partial charge >= 0.3 is 0 Å². The summed E-state index contributed by atoms with van der Waals surface area (Å²) in [4.78, 5) is 11.5. The van der Waals surface area contributed by atoms with Gasteiger partial charge in [0.05, 0.1) is 13.2 Å². The molecule has 0 saturated heterocycles. The van der Waals surface area contributed by atoms with Crippen molar-refractivity contribution >= 4 is 40.8 Å². The molecule has 1 heterocycles. The molecular formula is C7H14N5O2PS2. The van der Waals surface area contributed by atoms with E-state index in [0.717, 1.165) is 11.4 Å². The molecule has 0 aliphatic carbocycles. The second kappa shape index (κ2) is 6.46. The molecule has 0 radical (unpaired) electrons. The Labute approximate surface area is 109 Å². The number of hydrogen-bond donors (Lipinski definition) is 2. The van der Waals surface area contributed by atoms with Gasteiger partial charge in [0.1, 0.15) is 0 Å². The van der Waals surface area contributed by atoms with Crippen LogP contribution >= 0.6 is 17.1 Å². The molecule has 0 saturated carbocycles. The Kier molecular flexibility index (Phi) is 5.54. The van der Waals surface area contributed by atoms with E-state index in [-0.39, 0.29) is 11.9 Å². The van der Waals surface area contributed by atoms with E-state index in [0.29, 0.717) is 18.4 Å². The summed E-state index contributed by atoms with van der Waals surface area (Å²) in [7, 11) is 0. The van der Waals surface area contributed by atoms with Gasteiger partial charge in [0.2, 0.25) is 17.1 Å². The van der Waals surface area contributed by atoms with Crippen LogP contribution in [0.3, 0.4) is 0 Å². The van der Waals surface area contributed by atoms with Crippen LogP contribution < -0.4 is 11.5 Å². The van der Waals surface area contributed by atoms with E-state index in [4.69, 9.17) is 32.3 Å². The molecule has 0 fully saturated rings. The highest BCUT2D eigenvalue weighted by Crippen LogP contribution is 2.63. The lowest BCUT2D eigenvalue weighted by atomic mass is 10.9. The lowest BCUT2D eigenvalue weighted by Gasteiger charge is -2.18. The van der Waals surface area contributed by atoms with Crippen molar-refractivity contribution < 1.29 is 9.05 Å². The minimum absolute atomic E-state index is 0.0505. The van der Waals surface area contributed by atoms with Gasteiger partial charge in [0, 0.05) is 11.4 Å². The summed E-state index contributed by atoms with van der Waals surface area (Å²) in [6.45, 7) is 4.61. The van der Waals surface area contributed by atoms with E-state index in [1.165, 1.54) is 0 Å². The third kappa shape index (κ3) is 4.72. The minimum atomic E-state index is -2.49. The van der Waals surface area contributed by atoms with Gasteiger partial charge in [0.15, 0.2) is 0 Å². The molecule has 0 aliphatic rings. The number of hydrogen-bond acceptors (Lipinski definition) is 9. The van der Waals surface area contributed by atoms with Crippen molar-refractivity contribution in [1.82, 2.24) is 15.0 Å². The maximum absolute atomic E-state index is 5.47. The van der Waals surface area contributed by atoms with Crippen LogP contribution in [0.2, 0.25) is 0 Å². The van der Waals surface area contributed by atoms with E-state index < -0.39 is 5.69 Å². The zero-order chi connectivity index (χ0) is 12.9. The summed E-state index contributed by atoms with van der Waals surface area (Å²) in [6.07, 6.45) is 0. The number of aromatic nitrogens is 3. The van der Waals surface area contributed by atoms with Gasteiger partial charge in [-0.05, 0) is 25.7 Å². The number of nitrogen functional groups attached to an aromatic ring is 2. The number of anilines is 2. The quantitative estimate of drug-likeness (QED) is 0.753. The summed E-state index contributed by atoms with van der Waals surface area (Å²) < 4.78 is 10.9. The molecule has 0 unspecified atom stereocenters. The summed E-state index contributed by atoms with van der Waals surface area (Å²) in [5, 5.41) is 0.320. The Bertz CT molecular complexity index is 402. The second-order valence-electron chi connectivity index (χ2n) is 2.71. The zero-order valence-corrected chi connectivity index (χ0v) is 12.0. The van der Waals surface area contributed by atoms with Crippen molar-refractivity contribution in [3.8, 4) is 0 Å². The van der Waals surface area contributed by atoms with Crippen molar-refractivity contribution in [2.24, 2.45) is 0 Å². The van der Waals surface area contributed by atoms with E-state index in [1.54, 1.807) is 0 Å². The topological polar surface area (TPSA) is 109 Å². The largest absolute Gasteiger partial charge is 0.368 e. The van der Waals surface area contributed by atoms with Crippen LogP contribution in [0.15, 0.2) is 5.16 Å². The molecule has 4 N–H and O–H groups in total. The van der Waals surface area contributed by atoms with E-state index >= 15 is 0 Å². The molecule has 0 aromatic carbocycles. The van der Waals surface area contributed by atoms with E-state index in [9.17, 15) is 0 Å². The summed E-state index contributed by atoms with van der Waals surface area (Å²) >= 11 is 6.44. The average Bonchev–Trinajstić information content (AvgIpc) is 2.15.